The van der Waals surface area contributed by atoms with Crippen LogP contribution in [0.2, 0.25) is 0 Å². The zero-order chi connectivity index (χ0) is 28.0. The second kappa shape index (κ2) is 13.4. The van der Waals surface area contributed by atoms with Crippen molar-refractivity contribution < 1.29 is 39.1 Å². The third kappa shape index (κ3) is 6.66. The Morgan fingerprint density at radius 2 is 1.92 bits per heavy atom. The van der Waals surface area contributed by atoms with Crippen LogP contribution in [0, 0.1) is 5.92 Å². The summed E-state index contributed by atoms with van der Waals surface area (Å²) in [5.74, 6) is -0.315. The zero-order valence-corrected chi connectivity index (χ0v) is 23.0. The number of benzene rings is 1. The molecule has 1 aliphatic carbocycles. The summed E-state index contributed by atoms with van der Waals surface area (Å²) in [5.41, 5.74) is 1.53. The monoisotopic (exact) mass is 534 g/mol. The average molecular weight is 535 g/mol. The van der Waals surface area contributed by atoms with Crippen LogP contribution in [0.15, 0.2) is 23.8 Å². The van der Waals surface area contributed by atoms with Gasteiger partial charge in [-0.05, 0) is 50.0 Å². The highest BCUT2D eigenvalue weighted by Gasteiger charge is 2.51. The summed E-state index contributed by atoms with van der Waals surface area (Å²) in [6.07, 6.45) is 0.564. The highest BCUT2D eigenvalue weighted by atomic mass is 16.5. The SMILES string of the molecule is COc1cc(CO)cc2c1O[C@@H]1[C@@H](O)[C@H](N(CCCOC(C)C)C(=O)CC(C)C)C=C(C(=O)NCCO)[C@H]21. The highest BCUT2D eigenvalue weighted by molar-refractivity contribution is 5.96. The number of carbonyl (C=O) groups is 2. The zero-order valence-electron chi connectivity index (χ0n) is 23.0. The number of carbonyl (C=O) groups excluding carboxylic acids is 2. The molecule has 1 aromatic rings. The first kappa shape index (κ1) is 29.9. The van der Waals surface area contributed by atoms with E-state index in [1.54, 1.807) is 23.1 Å². The molecular formula is C28H42N2O8. The fourth-order valence-corrected chi connectivity index (χ4v) is 5.08. The number of aliphatic hydroxyl groups is 3. The summed E-state index contributed by atoms with van der Waals surface area (Å²) in [5, 5.41) is 33.4. The average Bonchev–Trinajstić information content (AvgIpc) is 3.26. The van der Waals surface area contributed by atoms with Crippen molar-refractivity contribution in [1.29, 1.82) is 0 Å². The second-order valence-electron chi connectivity index (χ2n) is 10.5. The van der Waals surface area contributed by atoms with E-state index in [4.69, 9.17) is 14.2 Å². The van der Waals surface area contributed by atoms with E-state index in [2.05, 4.69) is 5.32 Å². The molecule has 1 heterocycles. The maximum absolute atomic E-state index is 13.4. The molecule has 1 aromatic carbocycles. The van der Waals surface area contributed by atoms with E-state index in [1.807, 2.05) is 27.7 Å². The standard InChI is InChI=1S/C28H42N2O8/c1-16(2)11-23(33)30(8-6-10-37-17(3)4)21-14-20(28(35)29-7-9-31)24-19-12-18(15-32)13-22(36-5)26(19)38-27(24)25(21)34/h12-14,16-17,21,24-25,27,31-32,34H,6-11,15H2,1-5H3,(H,29,35)/t21-,24+,25+,27+/m1/s1. The number of rotatable bonds is 13. The van der Waals surface area contributed by atoms with Crippen molar-refractivity contribution in [2.24, 2.45) is 5.92 Å². The predicted octanol–water partition coefficient (Wildman–Crippen LogP) is 1.50. The van der Waals surface area contributed by atoms with Crippen molar-refractivity contribution in [2.45, 2.75) is 77.4 Å². The van der Waals surface area contributed by atoms with Crippen LogP contribution in [0.1, 0.15) is 57.6 Å². The molecule has 4 atom stereocenters. The number of aliphatic hydroxyl groups excluding tert-OH is 3. The first-order valence-electron chi connectivity index (χ1n) is 13.3. The molecule has 0 bridgehead atoms. The van der Waals surface area contributed by atoms with E-state index in [0.29, 0.717) is 47.8 Å². The molecule has 212 valence electrons. The predicted molar refractivity (Wildman–Crippen MR) is 141 cm³/mol. The van der Waals surface area contributed by atoms with Crippen molar-refractivity contribution in [3.8, 4) is 11.5 Å². The Labute approximate surface area is 224 Å². The lowest BCUT2D eigenvalue weighted by molar-refractivity contribution is -0.138. The lowest BCUT2D eigenvalue weighted by Gasteiger charge is -2.41. The fraction of sp³-hybridized carbons (Fsp3) is 0.643. The Hall–Kier alpha value is -2.66. The summed E-state index contributed by atoms with van der Waals surface area (Å²) in [6, 6.07) is 2.59. The Morgan fingerprint density at radius 1 is 1.18 bits per heavy atom. The van der Waals surface area contributed by atoms with Gasteiger partial charge in [-0.3, -0.25) is 9.59 Å². The van der Waals surface area contributed by atoms with E-state index >= 15 is 0 Å². The number of fused-ring (bicyclic) bond motifs is 3. The minimum absolute atomic E-state index is 0.0526. The lowest BCUT2D eigenvalue weighted by atomic mass is 9.77. The van der Waals surface area contributed by atoms with Crippen LogP contribution in [0.5, 0.6) is 11.5 Å². The van der Waals surface area contributed by atoms with E-state index in [1.165, 1.54) is 7.11 Å². The molecule has 0 unspecified atom stereocenters. The topological polar surface area (TPSA) is 138 Å². The molecule has 0 saturated carbocycles. The Kier molecular flexibility index (Phi) is 10.6. The summed E-state index contributed by atoms with van der Waals surface area (Å²) in [6.45, 7) is 8.17. The van der Waals surface area contributed by atoms with Gasteiger partial charge in [-0.2, -0.15) is 0 Å². The van der Waals surface area contributed by atoms with Gasteiger partial charge < -0.3 is 39.7 Å². The molecule has 0 radical (unpaired) electrons. The minimum atomic E-state index is -1.13. The number of nitrogens with one attached hydrogen (secondary N) is 1. The van der Waals surface area contributed by atoms with Gasteiger partial charge >= 0.3 is 0 Å². The Balaban J connectivity index is 2.05. The molecule has 10 heteroatoms. The van der Waals surface area contributed by atoms with Crippen molar-refractivity contribution in [3.05, 3.63) is 34.9 Å². The molecule has 2 amide bonds. The van der Waals surface area contributed by atoms with E-state index in [9.17, 15) is 24.9 Å². The van der Waals surface area contributed by atoms with Crippen LogP contribution in [0.3, 0.4) is 0 Å². The number of methoxy groups -OCH3 is 1. The molecule has 0 fully saturated rings. The van der Waals surface area contributed by atoms with Gasteiger partial charge in [-0.1, -0.05) is 13.8 Å². The van der Waals surface area contributed by atoms with Gasteiger partial charge in [-0.25, -0.2) is 0 Å². The molecule has 3 rings (SSSR count). The van der Waals surface area contributed by atoms with Crippen molar-refractivity contribution >= 4 is 11.8 Å². The summed E-state index contributed by atoms with van der Waals surface area (Å²) in [7, 11) is 1.48. The maximum atomic E-state index is 13.4. The van der Waals surface area contributed by atoms with Gasteiger partial charge in [0.2, 0.25) is 11.8 Å². The molecule has 0 aromatic heterocycles. The van der Waals surface area contributed by atoms with Crippen LogP contribution in [-0.4, -0.2) is 89.8 Å². The number of amides is 2. The van der Waals surface area contributed by atoms with Crippen LogP contribution >= 0.6 is 0 Å². The molecule has 10 nitrogen and oxygen atoms in total. The fourth-order valence-electron chi connectivity index (χ4n) is 5.08. The van der Waals surface area contributed by atoms with Gasteiger partial charge in [0.25, 0.3) is 0 Å². The van der Waals surface area contributed by atoms with Gasteiger partial charge in [0.1, 0.15) is 12.2 Å². The number of hydrogen-bond donors (Lipinski definition) is 4. The quantitative estimate of drug-likeness (QED) is 0.280. The molecule has 4 N–H and O–H groups in total. The van der Waals surface area contributed by atoms with Gasteiger partial charge in [0, 0.05) is 37.3 Å². The van der Waals surface area contributed by atoms with Crippen LogP contribution in [0.25, 0.3) is 0 Å². The third-order valence-electron chi connectivity index (χ3n) is 6.75. The van der Waals surface area contributed by atoms with Gasteiger partial charge in [-0.15, -0.1) is 0 Å². The third-order valence-corrected chi connectivity index (χ3v) is 6.75. The molecule has 0 spiro atoms. The van der Waals surface area contributed by atoms with Crippen LogP contribution in [-0.2, 0) is 20.9 Å². The van der Waals surface area contributed by atoms with E-state index in [0.717, 1.165) is 0 Å². The van der Waals surface area contributed by atoms with Crippen molar-refractivity contribution in [3.63, 3.8) is 0 Å². The molecule has 1 aliphatic heterocycles. The summed E-state index contributed by atoms with van der Waals surface area (Å²) < 4.78 is 17.4. The van der Waals surface area contributed by atoms with Crippen LogP contribution in [0.4, 0.5) is 0 Å². The number of hydrogen-bond acceptors (Lipinski definition) is 8. The number of nitrogens with zero attached hydrogens (tertiary/aromatic N) is 1. The molecular weight excluding hydrogens is 492 g/mol. The molecule has 2 aliphatic rings. The summed E-state index contributed by atoms with van der Waals surface area (Å²) in [4.78, 5) is 28.4. The number of ether oxygens (including phenoxy) is 3. The Morgan fingerprint density at radius 3 is 2.53 bits per heavy atom. The largest absolute Gasteiger partial charge is 0.493 e. The first-order valence-corrected chi connectivity index (χ1v) is 13.3. The first-order chi connectivity index (χ1) is 18.1. The molecule has 38 heavy (non-hydrogen) atoms. The smallest absolute Gasteiger partial charge is 0.247 e. The van der Waals surface area contributed by atoms with Gasteiger partial charge in [0.05, 0.1) is 38.4 Å². The minimum Gasteiger partial charge on any atom is -0.493 e. The highest BCUT2D eigenvalue weighted by Crippen LogP contribution is 2.51. The lowest BCUT2D eigenvalue weighted by Crippen LogP contribution is -2.56. The molecule has 0 saturated heterocycles. The van der Waals surface area contributed by atoms with Crippen LogP contribution < -0.4 is 14.8 Å². The van der Waals surface area contributed by atoms with Crippen molar-refractivity contribution in [2.75, 3.05) is 33.4 Å². The maximum Gasteiger partial charge on any atom is 0.247 e. The van der Waals surface area contributed by atoms with Gasteiger partial charge in [0.15, 0.2) is 11.5 Å². The van der Waals surface area contributed by atoms with E-state index in [-0.39, 0.29) is 44.1 Å². The normalized spacial score (nSPS) is 22.0. The Bertz CT molecular complexity index is 1010. The van der Waals surface area contributed by atoms with Crippen molar-refractivity contribution in [1.82, 2.24) is 10.2 Å². The summed E-state index contributed by atoms with van der Waals surface area (Å²) >= 11 is 0. The van der Waals surface area contributed by atoms with E-state index < -0.39 is 30.1 Å². The second-order valence-corrected chi connectivity index (χ2v) is 10.5.